The van der Waals surface area contributed by atoms with Crippen molar-refractivity contribution >= 4 is 6.09 Å². The van der Waals surface area contributed by atoms with Gasteiger partial charge in [-0.25, -0.2) is 4.79 Å². The monoisotopic (exact) mass is 314 g/mol. The molecule has 1 fully saturated rings. The second-order valence-electron chi connectivity index (χ2n) is 7.37. The maximum Gasteiger partial charge on any atom is 0.407 e. The average molecular weight is 314 g/mol. The molecular weight excluding hydrogens is 280 g/mol. The highest BCUT2D eigenvalue weighted by atomic mass is 16.6. The van der Waals surface area contributed by atoms with Crippen molar-refractivity contribution in [2.45, 2.75) is 77.5 Å². The van der Waals surface area contributed by atoms with Crippen LogP contribution in [-0.2, 0) is 9.47 Å². The van der Waals surface area contributed by atoms with Crippen molar-refractivity contribution in [1.29, 1.82) is 0 Å². The van der Waals surface area contributed by atoms with E-state index in [0.29, 0.717) is 25.2 Å². The van der Waals surface area contributed by atoms with Crippen molar-refractivity contribution in [3.63, 3.8) is 0 Å². The van der Waals surface area contributed by atoms with Crippen LogP contribution in [0.3, 0.4) is 0 Å². The molecule has 130 valence electrons. The molecule has 1 amide bonds. The first kappa shape index (κ1) is 19.2. The molecule has 0 aromatic heterocycles. The lowest BCUT2D eigenvalue weighted by Crippen LogP contribution is -2.45. The van der Waals surface area contributed by atoms with E-state index in [-0.39, 0.29) is 6.09 Å². The fraction of sp³-hybridized carbons (Fsp3) is 0.941. The second-order valence-corrected chi connectivity index (χ2v) is 7.37. The van der Waals surface area contributed by atoms with E-state index in [4.69, 9.17) is 9.47 Å². The number of carbonyl (C=O) groups excluding carboxylic acids is 1. The van der Waals surface area contributed by atoms with Crippen molar-refractivity contribution < 1.29 is 14.3 Å². The Bertz CT molecular complexity index is 324. The van der Waals surface area contributed by atoms with Crippen LogP contribution in [0.15, 0.2) is 0 Å². The van der Waals surface area contributed by atoms with Gasteiger partial charge in [-0.3, -0.25) is 0 Å². The molecule has 2 N–H and O–H groups in total. The number of nitrogens with one attached hydrogen (secondary N) is 2. The molecular formula is C17H34N2O3. The Morgan fingerprint density at radius 3 is 2.50 bits per heavy atom. The van der Waals surface area contributed by atoms with Gasteiger partial charge in [0.05, 0.1) is 6.61 Å². The molecule has 0 aliphatic heterocycles. The fourth-order valence-electron chi connectivity index (χ4n) is 2.72. The molecule has 5 nitrogen and oxygen atoms in total. The molecule has 22 heavy (non-hydrogen) atoms. The zero-order chi connectivity index (χ0) is 16.6. The van der Waals surface area contributed by atoms with Gasteiger partial charge < -0.3 is 20.1 Å². The summed E-state index contributed by atoms with van der Waals surface area (Å²) in [6.45, 7) is 9.22. The number of rotatable bonds is 9. The van der Waals surface area contributed by atoms with Crippen LogP contribution in [0.1, 0.15) is 59.8 Å². The van der Waals surface area contributed by atoms with Gasteiger partial charge in [0.25, 0.3) is 0 Å². The molecule has 1 saturated carbocycles. The molecule has 1 aliphatic carbocycles. The lowest BCUT2D eigenvalue weighted by atomic mass is 9.80. The first-order valence-corrected chi connectivity index (χ1v) is 8.53. The van der Waals surface area contributed by atoms with E-state index in [0.717, 1.165) is 18.8 Å². The SMILES string of the molecule is COCC(CCCNC(=O)OC(C)(C)C)NC(C)C1CCC1. The molecule has 1 aliphatic rings. The van der Waals surface area contributed by atoms with Gasteiger partial charge in [0, 0.05) is 25.7 Å². The maximum absolute atomic E-state index is 11.6. The third kappa shape index (κ3) is 7.99. The van der Waals surface area contributed by atoms with Crippen LogP contribution >= 0.6 is 0 Å². The lowest BCUT2D eigenvalue weighted by Gasteiger charge is -2.34. The van der Waals surface area contributed by atoms with Crippen LogP contribution in [0.5, 0.6) is 0 Å². The van der Waals surface area contributed by atoms with Crippen molar-refractivity contribution in [2.24, 2.45) is 5.92 Å². The summed E-state index contributed by atoms with van der Waals surface area (Å²) in [7, 11) is 1.74. The van der Waals surface area contributed by atoms with Gasteiger partial charge in [0.1, 0.15) is 5.60 Å². The van der Waals surface area contributed by atoms with Crippen LogP contribution < -0.4 is 10.6 Å². The van der Waals surface area contributed by atoms with Gasteiger partial charge in [-0.1, -0.05) is 6.42 Å². The fourth-order valence-corrected chi connectivity index (χ4v) is 2.72. The largest absolute Gasteiger partial charge is 0.444 e. The van der Waals surface area contributed by atoms with Gasteiger partial charge in [0.15, 0.2) is 0 Å². The molecule has 0 aromatic rings. The number of amides is 1. The molecule has 0 aromatic carbocycles. The topological polar surface area (TPSA) is 59.6 Å². The number of hydrogen-bond donors (Lipinski definition) is 2. The number of methoxy groups -OCH3 is 1. The lowest BCUT2D eigenvalue weighted by molar-refractivity contribution is 0.0525. The smallest absolute Gasteiger partial charge is 0.407 e. The van der Waals surface area contributed by atoms with Crippen LogP contribution in [0.2, 0.25) is 0 Å². The third-order valence-corrected chi connectivity index (χ3v) is 4.12. The normalized spacial score (nSPS) is 18.4. The van der Waals surface area contributed by atoms with Crippen LogP contribution in [0.25, 0.3) is 0 Å². The van der Waals surface area contributed by atoms with Gasteiger partial charge in [-0.05, 0) is 59.3 Å². The van der Waals surface area contributed by atoms with Crippen molar-refractivity contribution in [3.05, 3.63) is 0 Å². The quantitative estimate of drug-likeness (QED) is 0.642. The van der Waals surface area contributed by atoms with Crippen LogP contribution in [0, 0.1) is 5.92 Å². The summed E-state index contributed by atoms with van der Waals surface area (Å²) in [6.07, 6.45) is 5.61. The Balaban J connectivity index is 2.19. The molecule has 5 heteroatoms. The predicted molar refractivity (Wildman–Crippen MR) is 89.1 cm³/mol. The van der Waals surface area contributed by atoms with E-state index in [1.807, 2.05) is 20.8 Å². The van der Waals surface area contributed by atoms with Gasteiger partial charge in [-0.15, -0.1) is 0 Å². The van der Waals surface area contributed by atoms with E-state index in [1.165, 1.54) is 19.3 Å². The maximum atomic E-state index is 11.6. The van der Waals surface area contributed by atoms with Crippen molar-refractivity contribution in [2.75, 3.05) is 20.3 Å². The Kier molecular flexibility index (Phi) is 8.18. The summed E-state index contributed by atoms with van der Waals surface area (Å²) in [5, 5.41) is 6.48. The first-order chi connectivity index (χ1) is 10.3. The minimum absolute atomic E-state index is 0.341. The first-order valence-electron chi connectivity index (χ1n) is 8.53. The van der Waals surface area contributed by atoms with Crippen molar-refractivity contribution in [1.82, 2.24) is 10.6 Å². The summed E-state index contributed by atoms with van der Waals surface area (Å²) >= 11 is 0. The van der Waals surface area contributed by atoms with E-state index >= 15 is 0 Å². The van der Waals surface area contributed by atoms with Crippen LogP contribution in [-0.4, -0.2) is 44.0 Å². The molecule has 0 spiro atoms. The highest BCUT2D eigenvalue weighted by Gasteiger charge is 2.25. The van der Waals surface area contributed by atoms with E-state index in [1.54, 1.807) is 7.11 Å². The highest BCUT2D eigenvalue weighted by Crippen LogP contribution is 2.29. The molecule has 2 atom stereocenters. The van der Waals surface area contributed by atoms with Gasteiger partial charge in [-0.2, -0.15) is 0 Å². The van der Waals surface area contributed by atoms with Gasteiger partial charge in [0.2, 0.25) is 0 Å². The summed E-state index contributed by atoms with van der Waals surface area (Å²) < 4.78 is 10.5. The van der Waals surface area contributed by atoms with E-state index in [9.17, 15) is 4.79 Å². The van der Waals surface area contributed by atoms with Gasteiger partial charge >= 0.3 is 6.09 Å². The zero-order valence-electron chi connectivity index (χ0n) is 14.9. The summed E-state index contributed by atoms with van der Waals surface area (Å²) in [5.41, 5.74) is -0.442. The van der Waals surface area contributed by atoms with Crippen molar-refractivity contribution in [3.8, 4) is 0 Å². The molecule has 2 unspecified atom stereocenters. The van der Waals surface area contributed by atoms with Crippen LogP contribution in [0.4, 0.5) is 4.79 Å². The average Bonchev–Trinajstić information content (AvgIpc) is 2.30. The number of carbonyl (C=O) groups is 1. The number of hydrogen-bond acceptors (Lipinski definition) is 4. The Morgan fingerprint density at radius 2 is 2.00 bits per heavy atom. The third-order valence-electron chi connectivity index (χ3n) is 4.12. The molecule has 0 saturated heterocycles. The minimum Gasteiger partial charge on any atom is -0.444 e. The summed E-state index contributed by atoms with van der Waals surface area (Å²) in [5.74, 6) is 0.819. The number of alkyl carbamates (subject to hydrolysis) is 1. The number of ether oxygens (including phenoxy) is 2. The molecule has 1 rings (SSSR count). The summed E-state index contributed by atoms with van der Waals surface area (Å²) in [6, 6.07) is 0.897. The molecule has 0 radical (unpaired) electrons. The zero-order valence-corrected chi connectivity index (χ0v) is 14.9. The Morgan fingerprint density at radius 1 is 1.32 bits per heavy atom. The van der Waals surface area contributed by atoms with E-state index < -0.39 is 5.60 Å². The summed E-state index contributed by atoms with van der Waals surface area (Å²) in [4.78, 5) is 11.6. The predicted octanol–water partition coefficient (Wildman–Crippen LogP) is 3.08. The Hall–Kier alpha value is -0.810. The van der Waals surface area contributed by atoms with E-state index in [2.05, 4.69) is 17.6 Å². The molecule has 0 bridgehead atoms. The molecule has 0 heterocycles. The standard InChI is InChI=1S/C17H34N2O3/c1-13(14-8-6-9-14)19-15(12-21-5)10-7-11-18-16(20)22-17(2,3)4/h13-15,19H,6-12H2,1-5H3,(H,18,20). The Labute approximate surface area is 135 Å². The second kappa shape index (κ2) is 9.36. The minimum atomic E-state index is -0.442. The highest BCUT2D eigenvalue weighted by molar-refractivity contribution is 5.67.